The smallest absolute Gasteiger partial charge is 0.0460 e. The highest BCUT2D eigenvalue weighted by molar-refractivity contribution is 6.31. The number of hydrogen-bond donors (Lipinski definition) is 1. The van der Waals surface area contributed by atoms with Crippen molar-refractivity contribution in [2.45, 2.75) is 31.6 Å². The molecular weight excluding hydrogens is 242 g/mol. The number of H-pyrrole nitrogens is 1. The average Bonchev–Trinajstić information content (AvgIpc) is 2.89. The predicted molar refractivity (Wildman–Crippen MR) is 76.3 cm³/mol. The Bertz CT molecular complexity index is 678. The average molecular weight is 258 g/mol. The Morgan fingerprint density at radius 3 is 2.94 bits per heavy atom. The fourth-order valence-corrected chi connectivity index (χ4v) is 3.96. The van der Waals surface area contributed by atoms with E-state index in [0.29, 0.717) is 11.8 Å². The minimum Gasteiger partial charge on any atom is -0.358 e. The van der Waals surface area contributed by atoms with Gasteiger partial charge in [0.25, 0.3) is 0 Å². The van der Waals surface area contributed by atoms with E-state index in [1.807, 2.05) is 6.07 Å². The topological polar surface area (TPSA) is 15.8 Å². The van der Waals surface area contributed by atoms with Crippen molar-refractivity contribution < 1.29 is 0 Å². The van der Waals surface area contributed by atoms with E-state index in [9.17, 15) is 0 Å². The lowest BCUT2D eigenvalue weighted by Gasteiger charge is -2.37. The Hall–Kier alpha value is -1.21. The van der Waals surface area contributed by atoms with Crippen molar-refractivity contribution in [3.63, 3.8) is 0 Å². The van der Waals surface area contributed by atoms with Gasteiger partial charge in [-0.3, -0.25) is 0 Å². The summed E-state index contributed by atoms with van der Waals surface area (Å²) in [5.74, 6) is 1.23. The molecule has 0 amide bonds. The van der Waals surface area contributed by atoms with Gasteiger partial charge >= 0.3 is 0 Å². The second-order valence-electron chi connectivity index (χ2n) is 6.16. The van der Waals surface area contributed by atoms with Crippen LogP contribution in [0.15, 0.2) is 30.4 Å². The zero-order valence-electron chi connectivity index (χ0n) is 10.6. The molecule has 0 radical (unpaired) electrons. The Morgan fingerprint density at radius 1 is 1.28 bits per heavy atom. The fraction of sp³-hybridized carbons (Fsp3) is 0.375. The zero-order chi connectivity index (χ0) is 12.5. The van der Waals surface area contributed by atoms with Crippen LogP contribution in [-0.4, -0.2) is 4.98 Å². The van der Waals surface area contributed by atoms with Crippen molar-refractivity contribution in [2.75, 3.05) is 0 Å². The molecule has 0 saturated heterocycles. The molecule has 1 heterocycles. The van der Waals surface area contributed by atoms with Crippen molar-refractivity contribution in [1.82, 2.24) is 4.98 Å². The molecule has 0 fully saturated rings. The SMILES string of the molecule is CC1(C)c2c([nH]c3ccc(Cl)cc23)[C@@H]2C=C[C@@H]1C2. The van der Waals surface area contributed by atoms with Gasteiger partial charge in [-0.25, -0.2) is 0 Å². The molecule has 1 N–H and O–H groups in total. The van der Waals surface area contributed by atoms with Crippen LogP contribution in [0.25, 0.3) is 10.9 Å². The van der Waals surface area contributed by atoms with Gasteiger partial charge in [0.1, 0.15) is 0 Å². The minimum atomic E-state index is 0.196. The van der Waals surface area contributed by atoms with Gasteiger partial charge in [-0.1, -0.05) is 37.6 Å². The Labute approximate surface area is 112 Å². The molecule has 2 aromatic rings. The largest absolute Gasteiger partial charge is 0.358 e. The summed E-state index contributed by atoms with van der Waals surface area (Å²) < 4.78 is 0. The van der Waals surface area contributed by atoms with Crippen LogP contribution in [0.2, 0.25) is 5.02 Å². The summed E-state index contributed by atoms with van der Waals surface area (Å²) in [7, 11) is 0. The highest BCUT2D eigenvalue weighted by Crippen LogP contribution is 2.53. The van der Waals surface area contributed by atoms with E-state index in [2.05, 4.69) is 43.1 Å². The van der Waals surface area contributed by atoms with E-state index in [4.69, 9.17) is 11.6 Å². The summed E-state index contributed by atoms with van der Waals surface area (Å²) >= 11 is 6.17. The quantitative estimate of drug-likeness (QED) is 0.654. The third-order valence-corrected chi connectivity index (χ3v) is 5.05. The lowest BCUT2D eigenvalue weighted by Crippen LogP contribution is -2.31. The molecule has 1 nitrogen and oxygen atoms in total. The Balaban J connectivity index is 2.12. The molecule has 1 aromatic heterocycles. The van der Waals surface area contributed by atoms with Gasteiger partial charge in [-0.15, -0.1) is 0 Å². The predicted octanol–water partition coefficient (Wildman–Crippen LogP) is 4.77. The van der Waals surface area contributed by atoms with Crippen molar-refractivity contribution in [1.29, 1.82) is 0 Å². The Morgan fingerprint density at radius 2 is 2.11 bits per heavy atom. The van der Waals surface area contributed by atoms with Gasteiger partial charge in [0.15, 0.2) is 0 Å². The lowest BCUT2D eigenvalue weighted by atomic mass is 9.67. The summed E-state index contributed by atoms with van der Waals surface area (Å²) in [6.07, 6.45) is 6.02. The molecular formula is C16H16ClN. The van der Waals surface area contributed by atoms with Crippen molar-refractivity contribution in [2.24, 2.45) is 5.92 Å². The van der Waals surface area contributed by atoms with Crippen LogP contribution in [0.4, 0.5) is 0 Å². The third-order valence-electron chi connectivity index (χ3n) is 4.82. The molecule has 2 bridgehead atoms. The fourth-order valence-electron chi connectivity index (χ4n) is 3.79. The second-order valence-corrected chi connectivity index (χ2v) is 6.60. The molecule has 18 heavy (non-hydrogen) atoms. The molecule has 0 unspecified atom stereocenters. The first-order valence-corrected chi connectivity index (χ1v) is 6.95. The van der Waals surface area contributed by atoms with Gasteiger partial charge in [0.05, 0.1) is 0 Å². The maximum atomic E-state index is 6.17. The summed E-state index contributed by atoms with van der Waals surface area (Å²) in [6.45, 7) is 4.72. The molecule has 0 aliphatic heterocycles. The standard InChI is InChI=1S/C16H16ClN/c1-16(2)10-4-3-9(7-10)15-14(16)12-8-11(17)5-6-13(12)18-15/h3-6,8-10,18H,7H2,1-2H3/t9-,10-/m1/s1. The molecule has 0 saturated carbocycles. The Kier molecular flexibility index (Phi) is 1.91. The number of aromatic nitrogens is 1. The number of rotatable bonds is 0. The van der Waals surface area contributed by atoms with Gasteiger partial charge in [-0.05, 0) is 41.5 Å². The molecule has 92 valence electrons. The first kappa shape index (κ1) is 10.7. The van der Waals surface area contributed by atoms with Crippen molar-refractivity contribution in [3.05, 3.63) is 46.6 Å². The van der Waals surface area contributed by atoms with E-state index >= 15 is 0 Å². The second kappa shape index (κ2) is 3.21. The number of fused-ring (bicyclic) bond motifs is 6. The van der Waals surface area contributed by atoms with Gasteiger partial charge in [0, 0.05) is 27.5 Å². The molecule has 0 spiro atoms. The first-order valence-electron chi connectivity index (χ1n) is 6.57. The summed E-state index contributed by atoms with van der Waals surface area (Å²) in [5.41, 5.74) is 4.30. The van der Waals surface area contributed by atoms with Crippen molar-refractivity contribution >= 4 is 22.5 Å². The number of allylic oxidation sites excluding steroid dienone is 2. The van der Waals surface area contributed by atoms with Crippen LogP contribution >= 0.6 is 11.6 Å². The summed E-state index contributed by atoms with van der Waals surface area (Å²) in [4.78, 5) is 3.62. The maximum absolute atomic E-state index is 6.17. The minimum absolute atomic E-state index is 0.196. The summed E-state index contributed by atoms with van der Waals surface area (Å²) in [6, 6.07) is 6.18. The van der Waals surface area contributed by atoms with Crippen molar-refractivity contribution in [3.8, 4) is 0 Å². The normalized spacial score (nSPS) is 27.7. The van der Waals surface area contributed by atoms with Crippen LogP contribution < -0.4 is 0 Å². The lowest BCUT2D eigenvalue weighted by molar-refractivity contribution is 0.343. The van der Waals surface area contributed by atoms with E-state index < -0.39 is 0 Å². The van der Waals surface area contributed by atoms with E-state index in [1.54, 1.807) is 0 Å². The molecule has 2 atom stereocenters. The van der Waals surface area contributed by atoms with Gasteiger partial charge in [0.2, 0.25) is 0 Å². The highest BCUT2D eigenvalue weighted by atomic mass is 35.5. The van der Waals surface area contributed by atoms with E-state index in [0.717, 1.165) is 5.02 Å². The number of hydrogen-bond acceptors (Lipinski definition) is 0. The van der Waals surface area contributed by atoms with Crippen LogP contribution in [0, 0.1) is 5.92 Å². The van der Waals surface area contributed by atoms with Crippen LogP contribution in [0.5, 0.6) is 0 Å². The summed E-state index contributed by atoms with van der Waals surface area (Å²) in [5, 5.41) is 2.13. The van der Waals surface area contributed by atoms with Crippen LogP contribution in [0.1, 0.15) is 37.4 Å². The molecule has 1 aromatic carbocycles. The third kappa shape index (κ3) is 1.18. The number of aromatic amines is 1. The monoisotopic (exact) mass is 257 g/mol. The molecule has 4 rings (SSSR count). The van der Waals surface area contributed by atoms with Gasteiger partial charge in [-0.2, -0.15) is 0 Å². The maximum Gasteiger partial charge on any atom is 0.0460 e. The number of nitrogens with one attached hydrogen (secondary N) is 1. The number of benzene rings is 1. The molecule has 2 aliphatic rings. The zero-order valence-corrected chi connectivity index (χ0v) is 11.4. The highest BCUT2D eigenvalue weighted by Gasteiger charge is 2.43. The molecule has 2 aliphatic carbocycles. The van der Waals surface area contributed by atoms with Crippen LogP contribution in [-0.2, 0) is 5.41 Å². The number of halogens is 1. The van der Waals surface area contributed by atoms with Gasteiger partial charge < -0.3 is 4.98 Å². The van der Waals surface area contributed by atoms with E-state index in [1.165, 1.54) is 28.6 Å². The molecule has 2 heteroatoms. The van der Waals surface area contributed by atoms with E-state index in [-0.39, 0.29) is 5.41 Å². The van der Waals surface area contributed by atoms with Crippen LogP contribution in [0.3, 0.4) is 0 Å². The first-order chi connectivity index (χ1) is 8.57.